The maximum atomic E-state index is 11.8. The normalized spacial score (nSPS) is 10.9. The molecule has 0 saturated carbocycles. The fourth-order valence-corrected chi connectivity index (χ4v) is 2.44. The highest BCUT2D eigenvalue weighted by Gasteiger charge is 2.12. The van der Waals surface area contributed by atoms with Crippen LogP contribution >= 0.6 is 15.9 Å². The standard InChI is InChI=1S/C14H11BrN4O/c1-7-12(16)18-13(19-14(7)20)11-9(15)6-8-4-2-3-5-10(8)17-11/h2-6H,1H3,(H3,16,18,19,20). The van der Waals surface area contributed by atoms with Crippen LogP contribution in [0.15, 0.2) is 39.6 Å². The van der Waals surface area contributed by atoms with Gasteiger partial charge in [0.05, 0.1) is 11.1 Å². The number of aromatic nitrogens is 3. The van der Waals surface area contributed by atoms with Crippen molar-refractivity contribution in [2.45, 2.75) is 6.92 Å². The van der Waals surface area contributed by atoms with E-state index in [9.17, 15) is 4.79 Å². The monoisotopic (exact) mass is 330 g/mol. The third-order valence-corrected chi connectivity index (χ3v) is 3.70. The van der Waals surface area contributed by atoms with Crippen LogP contribution in [0.4, 0.5) is 5.82 Å². The molecule has 2 heterocycles. The van der Waals surface area contributed by atoms with Crippen molar-refractivity contribution in [1.82, 2.24) is 15.0 Å². The Morgan fingerprint density at radius 3 is 2.75 bits per heavy atom. The third-order valence-electron chi connectivity index (χ3n) is 3.09. The minimum atomic E-state index is -0.255. The number of nitrogens with two attached hydrogens (primary N) is 1. The topological polar surface area (TPSA) is 84.7 Å². The molecule has 5 nitrogen and oxygen atoms in total. The van der Waals surface area contributed by atoms with Gasteiger partial charge in [-0.3, -0.25) is 4.79 Å². The molecule has 0 unspecified atom stereocenters. The highest BCUT2D eigenvalue weighted by molar-refractivity contribution is 9.10. The van der Waals surface area contributed by atoms with Crippen molar-refractivity contribution in [3.8, 4) is 11.5 Å². The van der Waals surface area contributed by atoms with E-state index in [0.717, 1.165) is 15.4 Å². The number of nitrogen functional groups attached to an aromatic ring is 1. The zero-order valence-electron chi connectivity index (χ0n) is 10.6. The molecule has 0 amide bonds. The molecule has 3 N–H and O–H groups in total. The van der Waals surface area contributed by atoms with E-state index in [-0.39, 0.29) is 11.4 Å². The maximum Gasteiger partial charge on any atom is 0.256 e. The summed E-state index contributed by atoms with van der Waals surface area (Å²) >= 11 is 3.46. The molecule has 100 valence electrons. The lowest BCUT2D eigenvalue weighted by Crippen LogP contribution is -2.15. The van der Waals surface area contributed by atoms with Crippen molar-refractivity contribution in [3.63, 3.8) is 0 Å². The minimum Gasteiger partial charge on any atom is -0.383 e. The number of hydrogen-bond donors (Lipinski definition) is 2. The minimum absolute atomic E-state index is 0.214. The molecule has 2 aromatic heterocycles. The summed E-state index contributed by atoms with van der Waals surface area (Å²) in [6, 6.07) is 9.66. The van der Waals surface area contributed by atoms with Crippen LogP contribution in [-0.2, 0) is 0 Å². The molecule has 3 rings (SSSR count). The van der Waals surface area contributed by atoms with Gasteiger partial charge in [0, 0.05) is 9.86 Å². The van der Waals surface area contributed by atoms with Crippen molar-refractivity contribution in [2.24, 2.45) is 0 Å². The Kier molecular flexibility index (Phi) is 3.02. The summed E-state index contributed by atoms with van der Waals surface area (Å²) in [5.74, 6) is 0.571. The van der Waals surface area contributed by atoms with Crippen molar-refractivity contribution >= 4 is 32.7 Å². The van der Waals surface area contributed by atoms with E-state index in [2.05, 4.69) is 30.9 Å². The Morgan fingerprint density at radius 2 is 2.00 bits per heavy atom. The van der Waals surface area contributed by atoms with Crippen molar-refractivity contribution < 1.29 is 0 Å². The first kappa shape index (κ1) is 12.8. The van der Waals surface area contributed by atoms with Gasteiger partial charge in [0.25, 0.3) is 5.56 Å². The number of halogens is 1. The second kappa shape index (κ2) is 4.72. The average Bonchev–Trinajstić information content (AvgIpc) is 2.43. The molecule has 20 heavy (non-hydrogen) atoms. The first-order valence-corrected chi connectivity index (χ1v) is 6.77. The quantitative estimate of drug-likeness (QED) is 0.718. The predicted octanol–water partition coefficient (Wildman–Crippen LogP) is 2.64. The summed E-state index contributed by atoms with van der Waals surface area (Å²) in [6.07, 6.45) is 0. The lowest BCUT2D eigenvalue weighted by Gasteiger charge is -2.07. The lowest BCUT2D eigenvalue weighted by atomic mass is 10.2. The number of fused-ring (bicyclic) bond motifs is 1. The molecule has 3 aromatic rings. The largest absolute Gasteiger partial charge is 0.383 e. The van der Waals surface area contributed by atoms with E-state index >= 15 is 0 Å². The second-order valence-electron chi connectivity index (χ2n) is 4.44. The van der Waals surface area contributed by atoms with E-state index in [1.54, 1.807) is 6.92 Å². The summed E-state index contributed by atoms with van der Waals surface area (Å²) < 4.78 is 0.752. The number of hydrogen-bond acceptors (Lipinski definition) is 4. The summed E-state index contributed by atoms with van der Waals surface area (Å²) in [7, 11) is 0. The van der Waals surface area contributed by atoms with Crippen molar-refractivity contribution in [1.29, 1.82) is 0 Å². The highest BCUT2D eigenvalue weighted by atomic mass is 79.9. The summed E-state index contributed by atoms with van der Waals surface area (Å²) in [6.45, 7) is 1.63. The number of aromatic amines is 1. The molecule has 0 spiro atoms. The number of benzene rings is 1. The molecule has 0 aliphatic carbocycles. The molecule has 0 fully saturated rings. The molecular weight excluding hydrogens is 320 g/mol. The fraction of sp³-hybridized carbons (Fsp3) is 0.0714. The van der Waals surface area contributed by atoms with Crippen LogP contribution in [0.3, 0.4) is 0 Å². The van der Waals surface area contributed by atoms with Crippen LogP contribution in [0.5, 0.6) is 0 Å². The van der Waals surface area contributed by atoms with Gasteiger partial charge in [-0.25, -0.2) is 9.97 Å². The van der Waals surface area contributed by atoms with Gasteiger partial charge < -0.3 is 10.7 Å². The Labute approximate surface area is 123 Å². The van der Waals surface area contributed by atoms with Gasteiger partial charge in [-0.05, 0) is 35.0 Å². The second-order valence-corrected chi connectivity index (χ2v) is 5.29. The predicted molar refractivity (Wildman–Crippen MR) is 82.4 cm³/mol. The summed E-state index contributed by atoms with van der Waals surface area (Å²) in [5.41, 5.74) is 7.29. The van der Waals surface area contributed by atoms with E-state index in [1.165, 1.54) is 0 Å². The van der Waals surface area contributed by atoms with Gasteiger partial charge in [0.1, 0.15) is 11.5 Å². The van der Waals surface area contributed by atoms with E-state index in [1.807, 2.05) is 30.3 Å². The van der Waals surface area contributed by atoms with Gasteiger partial charge in [-0.1, -0.05) is 18.2 Å². The Balaban J connectivity index is 2.29. The van der Waals surface area contributed by atoms with E-state index in [4.69, 9.17) is 5.73 Å². The smallest absolute Gasteiger partial charge is 0.256 e. The van der Waals surface area contributed by atoms with Crippen LogP contribution < -0.4 is 11.3 Å². The maximum absolute atomic E-state index is 11.8. The number of para-hydroxylation sites is 1. The van der Waals surface area contributed by atoms with Gasteiger partial charge in [0.15, 0.2) is 5.82 Å². The molecule has 1 aromatic carbocycles. The zero-order chi connectivity index (χ0) is 14.3. The third kappa shape index (κ3) is 2.08. The Bertz CT molecular complexity index is 873. The molecule has 0 aliphatic heterocycles. The van der Waals surface area contributed by atoms with Gasteiger partial charge in [0.2, 0.25) is 0 Å². The van der Waals surface area contributed by atoms with E-state index < -0.39 is 0 Å². The number of anilines is 1. The number of nitrogens with zero attached hydrogens (tertiary/aromatic N) is 2. The Morgan fingerprint density at radius 1 is 1.25 bits per heavy atom. The van der Waals surface area contributed by atoms with Crippen molar-refractivity contribution in [3.05, 3.63) is 50.7 Å². The molecule has 0 atom stereocenters. The molecule has 6 heteroatoms. The zero-order valence-corrected chi connectivity index (χ0v) is 12.2. The number of pyridine rings is 1. The molecule has 0 bridgehead atoms. The number of rotatable bonds is 1. The number of H-pyrrole nitrogens is 1. The molecular formula is C14H11BrN4O. The summed E-state index contributed by atoms with van der Waals surface area (Å²) in [5, 5.41) is 1.01. The van der Waals surface area contributed by atoms with Crippen LogP contribution in [-0.4, -0.2) is 15.0 Å². The summed E-state index contributed by atoms with van der Waals surface area (Å²) in [4.78, 5) is 23.2. The van der Waals surface area contributed by atoms with Gasteiger partial charge in [-0.2, -0.15) is 0 Å². The van der Waals surface area contributed by atoms with Crippen LogP contribution in [0, 0.1) is 6.92 Å². The van der Waals surface area contributed by atoms with Gasteiger partial charge in [-0.15, -0.1) is 0 Å². The SMILES string of the molecule is Cc1c(N)nc(-c2nc3ccccc3cc2Br)[nH]c1=O. The van der Waals surface area contributed by atoms with Crippen LogP contribution in [0.1, 0.15) is 5.56 Å². The molecule has 0 saturated heterocycles. The van der Waals surface area contributed by atoms with Crippen LogP contribution in [0.2, 0.25) is 0 Å². The first-order chi connectivity index (χ1) is 9.56. The number of nitrogens with one attached hydrogen (secondary N) is 1. The van der Waals surface area contributed by atoms with E-state index in [0.29, 0.717) is 17.1 Å². The van der Waals surface area contributed by atoms with Crippen molar-refractivity contribution in [2.75, 3.05) is 5.73 Å². The average molecular weight is 331 g/mol. The fourth-order valence-electron chi connectivity index (χ4n) is 1.92. The Hall–Kier alpha value is -2.21. The molecule has 0 radical (unpaired) electrons. The first-order valence-electron chi connectivity index (χ1n) is 5.98. The van der Waals surface area contributed by atoms with Crippen LogP contribution in [0.25, 0.3) is 22.4 Å². The highest BCUT2D eigenvalue weighted by Crippen LogP contribution is 2.27. The lowest BCUT2D eigenvalue weighted by molar-refractivity contribution is 1.08. The molecule has 0 aliphatic rings. The van der Waals surface area contributed by atoms with Gasteiger partial charge >= 0.3 is 0 Å².